The topological polar surface area (TPSA) is 120 Å². The standard InChI is InChI=1S/C28H34N4O4/c1-26(2)8-6-18(7-9-26)21-12-19(20-13-27(16-33)10-11-28(14-20,17-34)36-27)4-5-22(21)31-25(35)24-30-15-23(29-3)32-24/h4-6,10-13,15,29,33-34H,7-9,14,16-17H2,1-3H3,(H,30,32)(H,31,35)/t27-,28+/m1/s1. The van der Waals surface area contributed by atoms with Crippen LogP contribution in [0, 0.1) is 5.41 Å². The van der Waals surface area contributed by atoms with Gasteiger partial charge in [0.25, 0.3) is 5.91 Å². The maximum Gasteiger partial charge on any atom is 0.291 e. The molecule has 8 nitrogen and oxygen atoms in total. The van der Waals surface area contributed by atoms with E-state index < -0.39 is 11.2 Å². The molecule has 1 aromatic heterocycles. The number of amides is 1. The largest absolute Gasteiger partial charge is 0.393 e. The Balaban J connectivity index is 1.52. The quantitative estimate of drug-likeness (QED) is 0.372. The van der Waals surface area contributed by atoms with Crippen LogP contribution >= 0.6 is 0 Å². The molecule has 5 N–H and O–H groups in total. The number of anilines is 2. The third-order valence-electron chi connectivity index (χ3n) is 7.50. The van der Waals surface area contributed by atoms with E-state index in [2.05, 4.69) is 46.6 Å². The van der Waals surface area contributed by atoms with Crippen LogP contribution in [0.3, 0.4) is 0 Å². The first-order valence-corrected chi connectivity index (χ1v) is 12.4. The van der Waals surface area contributed by atoms with E-state index in [1.54, 1.807) is 13.2 Å². The highest BCUT2D eigenvalue weighted by molar-refractivity contribution is 6.03. The number of allylic oxidation sites excluding steroid dienone is 2. The smallest absolute Gasteiger partial charge is 0.291 e. The first-order valence-electron chi connectivity index (χ1n) is 12.4. The van der Waals surface area contributed by atoms with Crippen LogP contribution in [0.4, 0.5) is 11.5 Å². The summed E-state index contributed by atoms with van der Waals surface area (Å²) in [7, 11) is 1.76. The molecule has 2 aromatic rings. The highest BCUT2D eigenvalue weighted by atomic mass is 16.5. The maximum atomic E-state index is 13.0. The lowest BCUT2D eigenvalue weighted by atomic mass is 9.76. The Morgan fingerprint density at radius 2 is 2.03 bits per heavy atom. The summed E-state index contributed by atoms with van der Waals surface area (Å²) in [5.74, 6) is 0.587. The van der Waals surface area contributed by atoms with Crippen LogP contribution < -0.4 is 10.6 Å². The molecule has 2 aliphatic heterocycles. The molecule has 5 rings (SSSR count). The number of benzene rings is 1. The first-order chi connectivity index (χ1) is 17.2. The zero-order chi connectivity index (χ0) is 25.6. The van der Waals surface area contributed by atoms with Gasteiger partial charge in [-0.1, -0.05) is 32.1 Å². The van der Waals surface area contributed by atoms with Gasteiger partial charge in [0.05, 0.1) is 19.4 Å². The molecule has 2 atom stereocenters. The Morgan fingerprint density at radius 1 is 1.19 bits per heavy atom. The SMILES string of the molecule is CNc1cnc(C(=O)Nc2ccc(C3=C[C@@]4(CO)C=C[C@@](CO)(C3)O4)cc2C2=CCC(C)(C)CC2)[nH]1. The molecule has 1 amide bonds. The van der Waals surface area contributed by atoms with E-state index in [-0.39, 0.29) is 30.4 Å². The van der Waals surface area contributed by atoms with E-state index in [0.717, 1.165) is 41.6 Å². The van der Waals surface area contributed by atoms with Gasteiger partial charge >= 0.3 is 0 Å². The molecular weight excluding hydrogens is 456 g/mol. The number of aliphatic hydroxyl groups excluding tert-OH is 2. The van der Waals surface area contributed by atoms with Gasteiger partial charge in [-0.3, -0.25) is 4.79 Å². The number of carbonyl (C=O) groups is 1. The average molecular weight is 491 g/mol. The van der Waals surface area contributed by atoms with Gasteiger partial charge in [0.1, 0.15) is 17.0 Å². The Morgan fingerprint density at radius 3 is 2.69 bits per heavy atom. The van der Waals surface area contributed by atoms with Gasteiger partial charge in [0.2, 0.25) is 0 Å². The summed E-state index contributed by atoms with van der Waals surface area (Å²) in [4.78, 5) is 20.1. The van der Waals surface area contributed by atoms with E-state index in [1.807, 2.05) is 30.4 Å². The lowest BCUT2D eigenvalue weighted by Crippen LogP contribution is -2.44. The van der Waals surface area contributed by atoms with Crippen LogP contribution in [0.2, 0.25) is 0 Å². The Hall–Kier alpha value is -3.20. The molecule has 1 aromatic carbocycles. The Bertz CT molecular complexity index is 1270. The number of fused-ring (bicyclic) bond motifs is 2. The Labute approximate surface area is 211 Å². The van der Waals surface area contributed by atoms with E-state index in [0.29, 0.717) is 12.2 Å². The second-order valence-corrected chi connectivity index (χ2v) is 10.8. The van der Waals surface area contributed by atoms with Gasteiger partial charge in [-0.05, 0) is 65.7 Å². The molecule has 8 heteroatoms. The summed E-state index contributed by atoms with van der Waals surface area (Å²) < 4.78 is 6.06. The number of nitrogens with one attached hydrogen (secondary N) is 3. The number of nitrogens with zero attached hydrogens (tertiary/aromatic N) is 1. The second-order valence-electron chi connectivity index (χ2n) is 10.8. The van der Waals surface area contributed by atoms with Crippen molar-refractivity contribution in [2.45, 2.75) is 50.7 Å². The fourth-order valence-corrected chi connectivity index (χ4v) is 5.22. The number of H-pyrrole nitrogens is 1. The van der Waals surface area contributed by atoms with Gasteiger partial charge in [-0.25, -0.2) is 4.98 Å². The molecule has 0 saturated heterocycles. The summed E-state index contributed by atoms with van der Waals surface area (Å²) >= 11 is 0. The van der Waals surface area contributed by atoms with Crippen molar-refractivity contribution in [1.82, 2.24) is 9.97 Å². The highest BCUT2D eigenvalue weighted by Crippen LogP contribution is 2.46. The molecule has 0 fully saturated rings. The molecule has 0 spiro atoms. The summed E-state index contributed by atoms with van der Waals surface area (Å²) in [6.45, 7) is 4.18. The minimum atomic E-state index is -0.929. The predicted molar refractivity (Wildman–Crippen MR) is 141 cm³/mol. The third-order valence-corrected chi connectivity index (χ3v) is 7.50. The van der Waals surface area contributed by atoms with E-state index in [9.17, 15) is 15.0 Å². The van der Waals surface area contributed by atoms with Crippen molar-refractivity contribution in [3.8, 4) is 0 Å². The fraction of sp³-hybridized carbons (Fsp3) is 0.429. The number of ether oxygens (including phenoxy) is 1. The van der Waals surface area contributed by atoms with Crippen molar-refractivity contribution in [1.29, 1.82) is 0 Å². The number of aliphatic hydroxyl groups is 2. The molecule has 2 bridgehead atoms. The average Bonchev–Trinajstić information content (AvgIpc) is 3.47. The second kappa shape index (κ2) is 9.03. The van der Waals surface area contributed by atoms with Gasteiger partial charge in [0.15, 0.2) is 5.82 Å². The number of hydrogen-bond acceptors (Lipinski definition) is 6. The van der Waals surface area contributed by atoms with Gasteiger partial charge in [0, 0.05) is 24.7 Å². The molecule has 190 valence electrons. The van der Waals surface area contributed by atoms with Crippen LogP contribution in [0.1, 0.15) is 61.3 Å². The molecule has 0 saturated carbocycles. The van der Waals surface area contributed by atoms with Crippen LogP contribution in [0.25, 0.3) is 11.1 Å². The summed E-state index contributed by atoms with van der Waals surface area (Å²) in [5.41, 5.74) is 3.35. The van der Waals surface area contributed by atoms with Crippen LogP contribution in [-0.4, -0.2) is 57.6 Å². The lowest BCUT2D eigenvalue weighted by Gasteiger charge is -2.38. The number of aromatic amines is 1. The maximum absolute atomic E-state index is 13.0. The van der Waals surface area contributed by atoms with Gasteiger partial charge in [-0.15, -0.1) is 0 Å². The molecule has 3 aliphatic rings. The zero-order valence-corrected chi connectivity index (χ0v) is 21.0. The molecule has 1 aliphatic carbocycles. The first kappa shape index (κ1) is 24.5. The summed E-state index contributed by atoms with van der Waals surface area (Å²) in [5, 5.41) is 26.1. The molecule has 0 radical (unpaired) electrons. The van der Waals surface area contributed by atoms with Crippen molar-refractivity contribution in [2.24, 2.45) is 5.41 Å². The van der Waals surface area contributed by atoms with Gasteiger partial charge < -0.3 is 30.6 Å². The van der Waals surface area contributed by atoms with Crippen LogP contribution in [0.5, 0.6) is 0 Å². The van der Waals surface area contributed by atoms with Crippen molar-refractivity contribution in [3.05, 3.63) is 65.7 Å². The third kappa shape index (κ3) is 4.52. The predicted octanol–water partition coefficient (Wildman–Crippen LogP) is 4.13. The van der Waals surface area contributed by atoms with Gasteiger partial charge in [-0.2, -0.15) is 0 Å². The minimum Gasteiger partial charge on any atom is -0.393 e. The number of aromatic nitrogens is 2. The lowest BCUT2D eigenvalue weighted by molar-refractivity contribution is -0.109. The van der Waals surface area contributed by atoms with Crippen LogP contribution in [-0.2, 0) is 4.74 Å². The Kier molecular flexibility index (Phi) is 6.14. The molecule has 36 heavy (non-hydrogen) atoms. The number of rotatable bonds is 7. The number of imidazole rings is 1. The highest BCUT2D eigenvalue weighted by Gasteiger charge is 2.47. The summed E-state index contributed by atoms with van der Waals surface area (Å²) in [6.07, 6.45) is 12.9. The van der Waals surface area contributed by atoms with Crippen molar-refractivity contribution < 1.29 is 19.7 Å². The molecular formula is C28H34N4O4. The van der Waals surface area contributed by atoms with E-state index in [4.69, 9.17) is 4.74 Å². The summed E-state index contributed by atoms with van der Waals surface area (Å²) in [6, 6.07) is 6.00. The minimum absolute atomic E-state index is 0.165. The van der Waals surface area contributed by atoms with Crippen molar-refractivity contribution in [2.75, 3.05) is 30.9 Å². The molecule has 0 unspecified atom stereocenters. The molecule has 3 heterocycles. The zero-order valence-electron chi connectivity index (χ0n) is 21.0. The van der Waals surface area contributed by atoms with Crippen LogP contribution in [0.15, 0.2) is 48.7 Å². The fourth-order valence-electron chi connectivity index (χ4n) is 5.22. The van der Waals surface area contributed by atoms with E-state index >= 15 is 0 Å². The number of carbonyl (C=O) groups excluding carboxylic acids is 1. The number of hydrogen-bond donors (Lipinski definition) is 5. The monoisotopic (exact) mass is 490 g/mol. The van der Waals surface area contributed by atoms with Crippen molar-refractivity contribution >= 4 is 28.6 Å². The normalized spacial score (nSPS) is 26.4. The van der Waals surface area contributed by atoms with E-state index in [1.165, 1.54) is 5.57 Å². The van der Waals surface area contributed by atoms with Crippen molar-refractivity contribution in [3.63, 3.8) is 0 Å².